The molecular formula is C13H16N2O4S. The number of aliphatic hydroxyl groups excluding tert-OH is 1. The van der Waals surface area contributed by atoms with E-state index in [1.54, 1.807) is 24.3 Å². The van der Waals surface area contributed by atoms with Crippen molar-refractivity contribution in [2.75, 3.05) is 19.7 Å². The summed E-state index contributed by atoms with van der Waals surface area (Å²) < 4.78 is 33.5. The van der Waals surface area contributed by atoms with Crippen molar-refractivity contribution in [1.29, 1.82) is 0 Å². The van der Waals surface area contributed by atoms with Gasteiger partial charge in [-0.3, -0.25) is 0 Å². The fourth-order valence-electron chi connectivity index (χ4n) is 2.64. The zero-order chi connectivity index (χ0) is 14.3. The normalized spacial score (nSPS) is 28.1. The van der Waals surface area contributed by atoms with Gasteiger partial charge in [-0.05, 0) is 19.1 Å². The van der Waals surface area contributed by atoms with Crippen molar-refractivity contribution < 1.29 is 18.3 Å². The van der Waals surface area contributed by atoms with E-state index in [4.69, 9.17) is 4.74 Å². The average molecular weight is 296 g/mol. The van der Waals surface area contributed by atoms with E-state index in [-0.39, 0.29) is 23.7 Å². The maximum absolute atomic E-state index is 12.0. The second-order valence-corrected chi connectivity index (χ2v) is 6.61. The third-order valence-corrected chi connectivity index (χ3v) is 4.77. The molecule has 0 amide bonds. The Kier molecular flexibility index (Phi) is 3.27. The molecule has 2 aliphatic rings. The van der Waals surface area contributed by atoms with Gasteiger partial charge in [-0.25, -0.2) is 0 Å². The molecule has 1 aromatic carbocycles. The monoisotopic (exact) mass is 296 g/mol. The summed E-state index contributed by atoms with van der Waals surface area (Å²) in [6.07, 6.45) is -0.406. The van der Waals surface area contributed by atoms with Gasteiger partial charge >= 0.3 is 0 Å². The zero-order valence-electron chi connectivity index (χ0n) is 11.1. The van der Waals surface area contributed by atoms with Crippen LogP contribution in [0.3, 0.4) is 0 Å². The Morgan fingerprint density at radius 2 is 2.15 bits per heavy atom. The molecule has 0 aromatic heterocycles. The second kappa shape index (κ2) is 4.83. The number of rotatable bonds is 1. The van der Waals surface area contributed by atoms with Gasteiger partial charge < -0.3 is 14.7 Å². The molecule has 1 saturated heterocycles. The second-order valence-electron chi connectivity index (χ2n) is 5.04. The lowest BCUT2D eigenvalue weighted by molar-refractivity contribution is -0.0782. The molecule has 2 atom stereocenters. The Hall–Kier alpha value is -1.44. The summed E-state index contributed by atoms with van der Waals surface area (Å²) in [6.45, 7) is 2.79. The van der Waals surface area contributed by atoms with Crippen LogP contribution in [0.1, 0.15) is 12.5 Å². The van der Waals surface area contributed by atoms with Gasteiger partial charge in [-0.1, -0.05) is 12.1 Å². The van der Waals surface area contributed by atoms with E-state index in [2.05, 4.69) is 4.40 Å². The topological polar surface area (TPSA) is 79.2 Å². The predicted molar refractivity (Wildman–Crippen MR) is 73.2 cm³/mol. The Morgan fingerprint density at radius 3 is 2.90 bits per heavy atom. The minimum absolute atomic E-state index is 0.0842. The van der Waals surface area contributed by atoms with Crippen LogP contribution in [0, 0.1) is 0 Å². The standard InChI is InChI=1S/C13H16N2O4S/c1-9-6-15(7-10(8-16)19-9)13-11-4-2-3-5-12(11)20(17,18)14-13/h2-5,9-10,16H,6-8H2,1H3. The van der Waals surface area contributed by atoms with Crippen LogP contribution in [-0.2, 0) is 14.8 Å². The number of aliphatic hydroxyl groups is 1. The van der Waals surface area contributed by atoms with Crippen molar-refractivity contribution in [2.45, 2.75) is 24.0 Å². The molecule has 1 N–H and O–H groups in total. The fraction of sp³-hybridized carbons (Fsp3) is 0.462. The van der Waals surface area contributed by atoms with Crippen LogP contribution in [0.5, 0.6) is 0 Å². The van der Waals surface area contributed by atoms with Crippen molar-refractivity contribution >= 4 is 15.9 Å². The maximum atomic E-state index is 12.0. The highest BCUT2D eigenvalue weighted by molar-refractivity contribution is 7.90. The van der Waals surface area contributed by atoms with Gasteiger partial charge in [0.2, 0.25) is 0 Å². The SMILES string of the molecule is CC1CN(C2=NS(=O)(=O)c3ccccc32)CC(CO)O1. The lowest BCUT2D eigenvalue weighted by Gasteiger charge is -2.37. The van der Waals surface area contributed by atoms with Gasteiger partial charge in [0.25, 0.3) is 10.0 Å². The molecule has 0 radical (unpaired) electrons. The summed E-state index contributed by atoms with van der Waals surface area (Å²) in [6, 6.07) is 6.80. The lowest BCUT2D eigenvalue weighted by atomic mass is 10.1. The van der Waals surface area contributed by atoms with Crippen molar-refractivity contribution in [1.82, 2.24) is 4.90 Å². The number of hydrogen-bond donors (Lipinski definition) is 1. The highest BCUT2D eigenvalue weighted by Gasteiger charge is 2.35. The summed E-state index contributed by atoms with van der Waals surface area (Å²) in [4.78, 5) is 2.12. The van der Waals surface area contributed by atoms with Crippen LogP contribution < -0.4 is 0 Å². The van der Waals surface area contributed by atoms with Gasteiger partial charge in [-0.2, -0.15) is 8.42 Å². The Labute approximate surface area is 117 Å². The quantitative estimate of drug-likeness (QED) is 0.802. The number of sulfonamides is 1. The molecule has 20 heavy (non-hydrogen) atoms. The van der Waals surface area contributed by atoms with Crippen molar-refractivity contribution in [3.63, 3.8) is 0 Å². The van der Waals surface area contributed by atoms with Crippen LogP contribution in [0.25, 0.3) is 0 Å². The Balaban J connectivity index is 1.99. The molecule has 108 valence electrons. The summed E-state index contributed by atoms with van der Waals surface area (Å²) in [5.74, 6) is 0.453. The summed E-state index contributed by atoms with van der Waals surface area (Å²) in [7, 11) is -3.60. The van der Waals surface area contributed by atoms with E-state index in [0.717, 1.165) is 0 Å². The highest BCUT2D eigenvalue weighted by Crippen LogP contribution is 2.28. The number of nitrogens with zero attached hydrogens (tertiary/aromatic N) is 2. The number of ether oxygens (including phenoxy) is 1. The first-order chi connectivity index (χ1) is 9.51. The van der Waals surface area contributed by atoms with E-state index >= 15 is 0 Å². The first-order valence-electron chi connectivity index (χ1n) is 6.47. The molecule has 0 aliphatic carbocycles. The third-order valence-electron chi connectivity index (χ3n) is 3.44. The largest absolute Gasteiger partial charge is 0.394 e. The van der Waals surface area contributed by atoms with E-state index in [1.807, 2.05) is 11.8 Å². The van der Waals surface area contributed by atoms with Gasteiger partial charge in [0.15, 0.2) is 5.84 Å². The fourth-order valence-corrected chi connectivity index (χ4v) is 3.86. The Morgan fingerprint density at radius 1 is 1.40 bits per heavy atom. The number of fused-ring (bicyclic) bond motifs is 1. The Bertz CT molecular complexity index is 656. The molecule has 2 aliphatic heterocycles. The molecule has 0 saturated carbocycles. The molecule has 2 unspecified atom stereocenters. The molecule has 1 aromatic rings. The average Bonchev–Trinajstić information content (AvgIpc) is 2.71. The minimum Gasteiger partial charge on any atom is -0.394 e. The van der Waals surface area contributed by atoms with Gasteiger partial charge in [0, 0.05) is 18.7 Å². The third kappa shape index (κ3) is 2.21. The summed E-state index contributed by atoms with van der Waals surface area (Å²) >= 11 is 0. The van der Waals surface area contributed by atoms with Crippen LogP contribution in [0.4, 0.5) is 0 Å². The zero-order valence-corrected chi connectivity index (χ0v) is 11.9. The van der Waals surface area contributed by atoms with Crippen molar-refractivity contribution in [3.8, 4) is 0 Å². The van der Waals surface area contributed by atoms with E-state index in [1.165, 1.54) is 0 Å². The maximum Gasteiger partial charge on any atom is 0.285 e. The molecule has 3 rings (SSSR count). The summed E-state index contributed by atoms with van der Waals surface area (Å²) in [5, 5.41) is 9.26. The lowest BCUT2D eigenvalue weighted by Crippen LogP contribution is -2.50. The molecule has 6 nitrogen and oxygen atoms in total. The van der Waals surface area contributed by atoms with Gasteiger partial charge in [0.1, 0.15) is 4.90 Å². The molecule has 2 heterocycles. The van der Waals surface area contributed by atoms with Gasteiger partial charge in [-0.15, -0.1) is 4.40 Å². The molecule has 0 spiro atoms. The van der Waals surface area contributed by atoms with Crippen LogP contribution in [0.15, 0.2) is 33.6 Å². The number of hydrogen-bond acceptors (Lipinski definition) is 5. The minimum atomic E-state index is -3.60. The number of amidine groups is 1. The first kappa shape index (κ1) is 13.5. The first-order valence-corrected chi connectivity index (χ1v) is 7.91. The molecule has 0 bridgehead atoms. The van der Waals surface area contributed by atoms with E-state index < -0.39 is 10.0 Å². The number of benzene rings is 1. The van der Waals surface area contributed by atoms with Crippen LogP contribution >= 0.6 is 0 Å². The van der Waals surface area contributed by atoms with Crippen molar-refractivity contribution in [2.24, 2.45) is 4.40 Å². The molecule has 7 heteroatoms. The molecular weight excluding hydrogens is 280 g/mol. The highest BCUT2D eigenvalue weighted by atomic mass is 32.2. The summed E-state index contributed by atoms with van der Waals surface area (Å²) in [5.41, 5.74) is 0.623. The van der Waals surface area contributed by atoms with Gasteiger partial charge in [0.05, 0.1) is 18.8 Å². The van der Waals surface area contributed by atoms with Crippen LogP contribution in [0.2, 0.25) is 0 Å². The van der Waals surface area contributed by atoms with E-state index in [9.17, 15) is 13.5 Å². The molecule has 1 fully saturated rings. The van der Waals surface area contributed by atoms with Crippen LogP contribution in [-0.4, -0.2) is 56.2 Å². The van der Waals surface area contributed by atoms with Crippen molar-refractivity contribution in [3.05, 3.63) is 29.8 Å². The number of morpholine rings is 1. The smallest absolute Gasteiger partial charge is 0.285 e. The van der Waals surface area contributed by atoms with E-state index in [0.29, 0.717) is 24.5 Å². The predicted octanol–water partition coefficient (Wildman–Crippen LogP) is 0.217.